The fourth-order valence-electron chi connectivity index (χ4n) is 1.34. The molecule has 0 saturated heterocycles. The van der Waals surface area contributed by atoms with Crippen LogP contribution in [-0.4, -0.2) is 25.2 Å². The Morgan fingerprint density at radius 1 is 1.16 bits per heavy atom. The van der Waals surface area contributed by atoms with Gasteiger partial charge in [0.2, 0.25) is 15.9 Å². The Balaban J connectivity index is 2.85. The zero-order chi connectivity index (χ0) is 14.6. The number of rotatable bonds is 5. The van der Waals surface area contributed by atoms with E-state index in [-0.39, 0.29) is 21.7 Å². The molecule has 1 unspecified atom stereocenters. The first-order chi connectivity index (χ1) is 8.72. The van der Waals surface area contributed by atoms with Crippen LogP contribution in [0.4, 0.5) is 5.69 Å². The maximum Gasteiger partial charge on any atom is 0.240 e. The molecule has 1 amide bonds. The molecule has 106 valence electrons. The third kappa shape index (κ3) is 4.93. The van der Waals surface area contributed by atoms with E-state index >= 15 is 0 Å². The van der Waals surface area contributed by atoms with Gasteiger partial charge in [0.15, 0.2) is 0 Å². The summed E-state index contributed by atoms with van der Waals surface area (Å²) in [5.41, 5.74) is 0.555. The highest BCUT2D eigenvalue weighted by molar-refractivity contribution is 9.10. The van der Waals surface area contributed by atoms with Gasteiger partial charge in [0.1, 0.15) is 0 Å². The fourth-order valence-corrected chi connectivity index (χ4v) is 2.70. The van der Waals surface area contributed by atoms with Crippen molar-refractivity contribution in [2.75, 3.05) is 5.32 Å². The van der Waals surface area contributed by atoms with E-state index in [9.17, 15) is 13.2 Å². The van der Waals surface area contributed by atoms with Crippen LogP contribution in [0, 0.1) is 0 Å². The minimum absolute atomic E-state index is 0.168. The Morgan fingerprint density at radius 2 is 1.68 bits per heavy atom. The quantitative estimate of drug-likeness (QED) is 0.800. The van der Waals surface area contributed by atoms with Crippen molar-refractivity contribution < 1.29 is 13.2 Å². The second-order valence-corrected chi connectivity index (χ2v) is 7.49. The van der Waals surface area contributed by atoms with Gasteiger partial charge in [-0.1, -0.05) is 15.9 Å². The molecule has 5 nitrogen and oxygen atoms in total. The Morgan fingerprint density at radius 3 is 2.11 bits per heavy atom. The topological polar surface area (TPSA) is 75.3 Å². The number of carbonyl (C=O) groups is 1. The van der Waals surface area contributed by atoms with Crippen molar-refractivity contribution in [2.45, 2.75) is 36.5 Å². The Hall–Kier alpha value is -0.920. The fraction of sp³-hybridized carbons (Fsp3) is 0.417. The number of halogens is 1. The van der Waals surface area contributed by atoms with Crippen molar-refractivity contribution >= 4 is 37.5 Å². The molecule has 0 heterocycles. The van der Waals surface area contributed by atoms with Crippen molar-refractivity contribution in [1.29, 1.82) is 0 Å². The molecule has 0 aliphatic rings. The lowest BCUT2D eigenvalue weighted by atomic mass is 10.3. The van der Waals surface area contributed by atoms with E-state index in [4.69, 9.17) is 0 Å². The Bertz CT molecular complexity index is 539. The van der Waals surface area contributed by atoms with Crippen LogP contribution >= 0.6 is 15.9 Å². The lowest BCUT2D eigenvalue weighted by Gasteiger charge is -2.11. The molecule has 1 rings (SSSR count). The number of carbonyl (C=O) groups excluding carboxylic acids is 1. The van der Waals surface area contributed by atoms with Crippen molar-refractivity contribution in [3.8, 4) is 0 Å². The normalized spacial score (nSPS) is 13.3. The zero-order valence-electron chi connectivity index (χ0n) is 11.0. The number of anilines is 1. The van der Waals surface area contributed by atoms with Gasteiger partial charge in [-0.25, -0.2) is 13.1 Å². The third-order valence-electron chi connectivity index (χ3n) is 2.18. The van der Waals surface area contributed by atoms with Crippen molar-refractivity contribution in [3.63, 3.8) is 0 Å². The minimum atomic E-state index is -3.49. The summed E-state index contributed by atoms with van der Waals surface area (Å²) in [7, 11) is -3.49. The second kappa shape index (κ2) is 6.49. The van der Waals surface area contributed by atoms with E-state index in [0.717, 1.165) is 0 Å². The smallest absolute Gasteiger partial charge is 0.240 e. The molecule has 19 heavy (non-hydrogen) atoms. The first-order valence-electron chi connectivity index (χ1n) is 5.79. The SMILES string of the molecule is CC(C)NS(=O)(=O)c1ccc(NC(=O)C(C)Br)cc1. The van der Waals surface area contributed by atoms with Gasteiger partial charge in [0.25, 0.3) is 0 Å². The van der Waals surface area contributed by atoms with Gasteiger partial charge in [0, 0.05) is 11.7 Å². The maximum absolute atomic E-state index is 11.9. The van der Waals surface area contributed by atoms with Crippen molar-refractivity contribution in [1.82, 2.24) is 4.72 Å². The van der Waals surface area contributed by atoms with Gasteiger partial charge in [0.05, 0.1) is 9.72 Å². The number of benzene rings is 1. The van der Waals surface area contributed by atoms with Crippen LogP contribution in [0.1, 0.15) is 20.8 Å². The van der Waals surface area contributed by atoms with Crippen LogP contribution in [0.5, 0.6) is 0 Å². The molecule has 0 aromatic heterocycles. The summed E-state index contributed by atoms with van der Waals surface area (Å²) in [6.07, 6.45) is 0. The number of hydrogen-bond donors (Lipinski definition) is 2. The van der Waals surface area contributed by atoms with Crippen LogP contribution in [-0.2, 0) is 14.8 Å². The minimum Gasteiger partial charge on any atom is -0.325 e. The van der Waals surface area contributed by atoms with Gasteiger partial charge >= 0.3 is 0 Å². The molecule has 0 saturated carbocycles. The van der Waals surface area contributed by atoms with E-state index in [2.05, 4.69) is 26.0 Å². The molecular weight excluding hydrogens is 332 g/mol. The van der Waals surface area contributed by atoms with Crippen LogP contribution in [0.25, 0.3) is 0 Å². The molecule has 1 aromatic carbocycles. The molecule has 0 fully saturated rings. The van der Waals surface area contributed by atoms with Crippen molar-refractivity contribution in [3.05, 3.63) is 24.3 Å². The largest absolute Gasteiger partial charge is 0.325 e. The van der Waals surface area contributed by atoms with E-state index in [1.54, 1.807) is 32.9 Å². The van der Waals surface area contributed by atoms with Crippen molar-refractivity contribution in [2.24, 2.45) is 0 Å². The van der Waals surface area contributed by atoms with Gasteiger partial charge in [-0.2, -0.15) is 0 Å². The summed E-state index contributed by atoms with van der Waals surface area (Å²) in [5.74, 6) is -0.184. The average Bonchev–Trinajstić information content (AvgIpc) is 2.27. The first kappa shape index (κ1) is 16.1. The third-order valence-corrected chi connectivity index (χ3v) is 4.27. The van der Waals surface area contributed by atoms with E-state index in [1.165, 1.54) is 12.1 Å². The number of sulfonamides is 1. The number of hydrogen-bond acceptors (Lipinski definition) is 3. The molecule has 1 atom stereocenters. The van der Waals surface area contributed by atoms with Gasteiger partial charge < -0.3 is 5.32 Å². The number of nitrogens with one attached hydrogen (secondary N) is 2. The lowest BCUT2D eigenvalue weighted by Crippen LogP contribution is -2.30. The molecule has 1 aromatic rings. The molecule has 0 radical (unpaired) electrons. The van der Waals surface area contributed by atoms with E-state index < -0.39 is 10.0 Å². The Kier molecular flexibility index (Phi) is 5.51. The standard InChI is InChI=1S/C12H17BrN2O3S/c1-8(2)15-19(17,18)11-6-4-10(5-7-11)14-12(16)9(3)13/h4-9,15H,1-3H3,(H,14,16). The zero-order valence-corrected chi connectivity index (χ0v) is 13.4. The number of amides is 1. The summed E-state index contributed by atoms with van der Waals surface area (Å²) >= 11 is 3.15. The van der Waals surface area contributed by atoms with E-state index in [1.807, 2.05) is 0 Å². The summed E-state index contributed by atoms with van der Waals surface area (Å²) in [6, 6.07) is 5.86. The molecule has 0 bridgehead atoms. The predicted octanol–water partition coefficient (Wildman–Crippen LogP) is 2.10. The molecule has 0 aliphatic heterocycles. The van der Waals surface area contributed by atoms with Crippen LogP contribution in [0.3, 0.4) is 0 Å². The summed E-state index contributed by atoms with van der Waals surface area (Å²) < 4.78 is 26.2. The monoisotopic (exact) mass is 348 g/mol. The first-order valence-corrected chi connectivity index (χ1v) is 8.19. The van der Waals surface area contributed by atoms with E-state index in [0.29, 0.717) is 5.69 Å². The highest BCUT2D eigenvalue weighted by Crippen LogP contribution is 2.15. The van der Waals surface area contributed by atoms with Crippen LogP contribution in [0.15, 0.2) is 29.2 Å². The molecule has 2 N–H and O–H groups in total. The lowest BCUT2D eigenvalue weighted by molar-refractivity contribution is -0.115. The molecular formula is C12H17BrN2O3S. The highest BCUT2D eigenvalue weighted by atomic mass is 79.9. The van der Waals surface area contributed by atoms with Crippen LogP contribution in [0.2, 0.25) is 0 Å². The summed E-state index contributed by atoms with van der Waals surface area (Å²) in [4.78, 5) is 11.3. The predicted molar refractivity (Wildman–Crippen MR) is 78.9 cm³/mol. The average molecular weight is 349 g/mol. The van der Waals surface area contributed by atoms with Gasteiger partial charge in [-0.15, -0.1) is 0 Å². The number of alkyl halides is 1. The Labute approximate surface area is 122 Å². The summed E-state index contributed by atoms with van der Waals surface area (Å²) in [6.45, 7) is 5.22. The van der Waals surface area contributed by atoms with Gasteiger partial charge in [-0.05, 0) is 45.0 Å². The summed E-state index contributed by atoms with van der Waals surface area (Å²) in [5, 5.41) is 2.66. The highest BCUT2D eigenvalue weighted by Gasteiger charge is 2.15. The molecule has 0 spiro atoms. The second-order valence-electron chi connectivity index (χ2n) is 4.41. The van der Waals surface area contributed by atoms with Crippen LogP contribution < -0.4 is 10.0 Å². The van der Waals surface area contributed by atoms with Gasteiger partial charge in [-0.3, -0.25) is 4.79 Å². The maximum atomic E-state index is 11.9. The molecule has 0 aliphatic carbocycles. The molecule has 7 heteroatoms.